The summed E-state index contributed by atoms with van der Waals surface area (Å²) in [4.78, 5) is 18.7. The van der Waals surface area contributed by atoms with Crippen LogP contribution in [0, 0.1) is 0 Å². The van der Waals surface area contributed by atoms with Gasteiger partial charge < -0.3 is 15.0 Å². The Morgan fingerprint density at radius 1 is 1.20 bits per heavy atom. The van der Waals surface area contributed by atoms with Crippen molar-refractivity contribution < 1.29 is 26.9 Å². The molecule has 2 heterocycles. The van der Waals surface area contributed by atoms with Crippen molar-refractivity contribution in [2.24, 2.45) is 0 Å². The van der Waals surface area contributed by atoms with E-state index < -0.39 is 23.1 Å². The molecule has 1 amide bonds. The molecule has 1 N–H and O–H groups in total. The lowest BCUT2D eigenvalue weighted by Gasteiger charge is -2.28. The summed E-state index contributed by atoms with van der Waals surface area (Å²) in [6, 6.07) is 6.46. The Morgan fingerprint density at radius 3 is 2.33 bits per heavy atom. The van der Waals surface area contributed by atoms with Crippen molar-refractivity contribution in [2.75, 3.05) is 34.8 Å². The minimum absolute atomic E-state index is 0.284. The highest BCUT2D eigenvalue weighted by molar-refractivity contribution is 9.10. The SMILES string of the molecule is CC.O=C(Nc1ccc(OC(F)(F)F)cc1)c1cnc(N2CCS(=O)CC2)c(Br)c1. The predicted molar refractivity (Wildman–Crippen MR) is 114 cm³/mol. The number of hydrogen-bond donors (Lipinski definition) is 1. The lowest BCUT2D eigenvalue weighted by atomic mass is 10.2. The number of nitrogens with one attached hydrogen (secondary N) is 1. The van der Waals surface area contributed by atoms with Crippen molar-refractivity contribution in [2.45, 2.75) is 20.2 Å². The average Bonchev–Trinajstić information content (AvgIpc) is 2.70. The fourth-order valence-electron chi connectivity index (χ4n) is 2.58. The lowest BCUT2D eigenvalue weighted by molar-refractivity contribution is -0.274. The van der Waals surface area contributed by atoms with Gasteiger partial charge in [-0.1, -0.05) is 13.8 Å². The van der Waals surface area contributed by atoms with E-state index in [9.17, 15) is 22.2 Å². The molecule has 1 saturated heterocycles. The van der Waals surface area contributed by atoms with E-state index in [-0.39, 0.29) is 11.3 Å². The van der Waals surface area contributed by atoms with Gasteiger partial charge in [0.2, 0.25) is 0 Å². The number of anilines is 2. The van der Waals surface area contributed by atoms with E-state index in [1.54, 1.807) is 6.07 Å². The molecule has 1 aromatic carbocycles. The number of rotatable bonds is 4. The zero-order valence-corrected chi connectivity index (χ0v) is 18.7. The van der Waals surface area contributed by atoms with E-state index in [0.29, 0.717) is 40.6 Å². The molecule has 0 bridgehead atoms. The summed E-state index contributed by atoms with van der Waals surface area (Å²) in [5, 5.41) is 2.59. The Kier molecular flexibility index (Phi) is 8.65. The number of halogens is 4. The minimum Gasteiger partial charge on any atom is -0.406 e. The Bertz CT molecular complexity index is 885. The van der Waals surface area contributed by atoms with Crippen LogP contribution in [-0.4, -0.2) is 46.1 Å². The highest BCUT2D eigenvalue weighted by atomic mass is 79.9. The third-order valence-corrected chi connectivity index (χ3v) is 5.77. The maximum Gasteiger partial charge on any atom is 0.573 e. The molecule has 1 fully saturated rings. The lowest BCUT2D eigenvalue weighted by Crippen LogP contribution is -2.38. The van der Waals surface area contributed by atoms with Crippen LogP contribution in [-0.2, 0) is 10.8 Å². The molecule has 2 aromatic rings. The van der Waals surface area contributed by atoms with Gasteiger partial charge in [0.05, 0.1) is 10.0 Å². The summed E-state index contributed by atoms with van der Waals surface area (Å²) in [5.41, 5.74) is 0.602. The van der Waals surface area contributed by atoms with Crippen LogP contribution in [0.2, 0.25) is 0 Å². The molecule has 1 aliphatic rings. The summed E-state index contributed by atoms with van der Waals surface area (Å²) >= 11 is 3.41. The van der Waals surface area contributed by atoms with Crippen molar-refractivity contribution in [3.63, 3.8) is 0 Å². The minimum atomic E-state index is -4.77. The third-order valence-electron chi connectivity index (χ3n) is 3.91. The topological polar surface area (TPSA) is 71.5 Å². The summed E-state index contributed by atoms with van der Waals surface area (Å²) < 4.78 is 52.4. The zero-order chi connectivity index (χ0) is 22.3. The van der Waals surface area contributed by atoms with Gasteiger partial charge in [-0.3, -0.25) is 9.00 Å². The number of nitrogens with zero attached hydrogens (tertiary/aromatic N) is 2. The van der Waals surface area contributed by atoms with Gasteiger partial charge >= 0.3 is 6.36 Å². The smallest absolute Gasteiger partial charge is 0.406 e. The second-order valence-electron chi connectivity index (χ2n) is 5.89. The van der Waals surface area contributed by atoms with Crippen molar-refractivity contribution in [3.05, 3.63) is 46.6 Å². The fraction of sp³-hybridized carbons (Fsp3) is 0.368. The molecular formula is C19H21BrF3N3O3S. The molecule has 0 unspecified atom stereocenters. The largest absolute Gasteiger partial charge is 0.573 e. The summed E-state index contributed by atoms with van der Waals surface area (Å²) in [7, 11) is -0.803. The van der Waals surface area contributed by atoms with E-state index in [0.717, 1.165) is 12.1 Å². The molecule has 164 valence electrons. The molecule has 6 nitrogen and oxygen atoms in total. The number of amides is 1. The first-order valence-corrected chi connectivity index (χ1v) is 11.4. The van der Waals surface area contributed by atoms with E-state index >= 15 is 0 Å². The molecule has 3 rings (SSSR count). The summed E-state index contributed by atoms with van der Waals surface area (Å²) in [6.07, 6.45) is -3.35. The molecule has 11 heteroatoms. The first-order valence-electron chi connectivity index (χ1n) is 9.14. The second-order valence-corrected chi connectivity index (χ2v) is 8.44. The van der Waals surface area contributed by atoms with Gasteiger partial charge in [-0.15, -0.1) is 13.2 Å². The van der Waals surface area contributed by atoms with E-state index in [1.165, 1.54) is 18.3 Å². The Balaban J connectivity index is 0.00000155. The Hall–Kier alpha value is -2.14. The number of benzene rings is 1. The van der Waals surface area contributed by atoms with Crippen molar-refractivity contribution in [3.8, 4) is 5.75 Å². The number of pyridine rings is 1. The highest BCUT2D eigenvalue weighted by Gasteiger charge is 2.31. The van der Waals surface area contributed by atoms with Crippen molar-refractivity contribution >= 4 is 44.1 Å². The number of aromatic nitrogens is 1. The van der Waals surface area contributed by atoms with Crippen LogP contribution in [0.15, 0.2) is 41.0 Å². The second kappa shape index (κ2) is 10.8. The molecule has 0 aliphatic carbocycles. The van der Waals surface area contributed by atoms with Crippen LogP contribution in [0.3, 0.4) is 0 Å². The number of carbonyl (C=O) groups excluding carboxylic acids is 1. The maximum atomic E-state index is 12.4. The number of ether oxygens (including phenoxy) is 1. The molecule has 1 aromatic heterocycles. The van der Waals surface area contributed by atoms with Gasteiger partial charge in [0.1, 0.15) is 11.6 Å². The maximum absolute atomic E-state index is 12.4. The molecule has 0 atom stereocenters. The van der Waals surface area contributed by atoms with E-state index in [4.69, 9.17) is 0 Å². The van der Waals surface area contributed by atoms with Gasteiger partial charge in [0.15, 0.2) is 0 Å². The van der Waals surface area contributed by atoms with Crippen LogP contribution in [0.1, 0.15) is 24.2 Å². The van der Waals surface area contributed by atoms with Gasteiger partial charge in [-0.25, -0.2) is 4.98 Å². The van der Waals surface area contributed by atoms with E-state index in [2.05, 4.69) is 31.0 Å². The standard InChI is InChI=1S/C17H15BrF3N3O3S.C2H6/c18-14-9-11(10-22-15(14)24-5-7-28(26)8-6-24)16(25)23-12-1-3-13(4-2-12)27-17(19,20)21;1-2/h1-4,9-10H,5-8H2,(H,23,25);1-2H3. The fourth-order valence-corrected chi connectivity index (χ4v) is 4.23. The van der Waals surface area contributed by atoms with Crippen LogP contribution in [0.25, 0.3) is 0 Å². The highest BCUT2D eigenvalue weighted by Crippen LogP contribution is 2.27. The van der Waals surface area contributed by atoms with Crippen LogP contribution >= 0.6 is 15.9 Å². The van der Waals surface area contributed by atoms with Gasteiger partial charge in [0.25, 0.3) is 5.91 Å². The summed E-state index contributed by atoms with van der Waals surface area (Å²) in [5.74, 6) is 0.988. The molecule has 0 saturated carbocycles. The van der Waals surface area contributed by atoms with Crippen LogP contribution in [0.4, 0.5) is 24.7 Å². The molecule has 0 radical (unpaired) electrons. The first kappa shape index (κ1) is 24.1. The quantitative estimate of drug-likeness (QED) is 0.655. The van der Waals surface area contributed by atoms with Gasteiger partial charge in [0, 0.05) is 47.3 Å². The number of hydrogen-bond acceptors (Lipinski definition) is 5. The molecule has 0 spiro atoms. The molecule has 30 heavy (non-hydrogen) atoms. The monoisotopic (exact) mass is 507 g/mol. The van der Waals surface area contributed by atoms with Gasteiger partial charge in [-0.2, -0.15) is 0 Å². The normalized spacial score (nSPS) is 14.5. The predicted octanol–water partition coefficient (Wildman–Crippen LogP) is 4.59. The molecule has 1 aliphatic heterocycles. The van der Waals surface area contributed by atoms with E-state index in [1.807, 2.05) is 18.7 Å². The average molecular weight is 508 g/mol. The van der Waals surface area contributed by atoms with Gasteiger partial charge in [-0.05, 0) is 46.3 Å². The molecular weight excluding hydrogens is 487 g/mol. The Labute approximate surface area is 183 Å². The third kappa shape index (κ3) is 6.98. The van der Waals surface area contributed by atoms with Crippen LogP contribution < -0.4 is 15.0 Å². The van der Waals surface area contributed by atoms with Crippen molar-refractivity contribution in [1.82, 2.24) is 4.98 Å². The summed E-state index contributed by atoms with van der Waals surface area (Å²) in [6.45, 7) is 5.24. The zero-order valence-electron chi connectivity index (χ0n) is 16.3. The first-order chi connectivity index (χ1) is 14.2. The number of carbonyl (C=O) groups is 1. The van der Waals surface area contributed by atoms with Crippen LogP contribution in [0.5, 0.6) is 5.75 Å². The number of alkyl halides is 3. The van der Waals surface area contributed by atoms with Crippen molar-refractivity contribution in [1.29, 1.82) is 0 Å². The Morgan fingerprint density at radius 2 is 1.80 bits per heavy atom.